The Balaban J connectivity index is 3.16. The van der Waals surface area contributed by atoms with E-state index in [0.717, 1.165) is 5.56 Å². The van der Waals surface area contributed by atoms with Crippen LogP contribution in [0.4, 0.5) is 0 Å². The first-order valence-corrected chi connectivity index (χ1v) is 5.54. The van der Waals surface area contributed by atoms with E-state index in [0.29, 0.717) is 12.2 Å². The van der Waals surface area contributed by atoms with Crippen molar-refractivity contribution in [2.45, 2.75) is 25.3 Å². The average molecular weight is 235 g/mol. The van der Waals surface area contributed by atoms with Gasteiger partial charge in [0, 0.05) is 16.9 Å². The highest BCUT2D eigenvalue weighted by molar-refractivity contribution is 5.38. The number of methoxy groups -OCH3 is 1. The van der Waals surface area contributed by atoms with E-state index in [4.69, 9.17) is 4.74 Å². The number of hydrogen-bond donors (Lipinski definition) is 0. The highest BCUT2D eigenvalue weighted by atomic mass is 16.6. The molecule has 0 bridgehead atoms. The highest BCUT2D eigenvalue weighted by Gasteiger charge is 2.30. The Kier molecular flexibility index (Phi) is 4.69. The monoisotopic (exact) mass is 235 g/mol. The van der Waals surface area contributed by atoms with Crippen molar-refractivity contribution in [1.29, 1.82) is 0 Å². The summed E-state index contributed by atoms with van der Waals surface area (Å²) in [4.78, 5) is 10.8. The summed E-state index contributed by atoms with van der Waals surface area (Å²) in [6.45, 7) is 5.51. The Morgan fingerprint density at radius 3 is 2.65 bits per heavy atom. The molecular formula is C13H17NO3. The van der Waals surface area contributed by atoms with Crippen molar-refractivity contribution >= 4 is 0 Å². The van der Waals surface area contributed by atoms with E-state index in [1.54, 1.807) is 26.2 Å². The molecule has 0 heterocycles. The molecule has 1 rings (SSSR count). The summed E-state index contributed by atoms with van der Waals surface area (Å²) in [7, 11) is 1.56. The Hall–Kier alpha value is -1.84. The second kappa shape index (κ2) is 6.03. The molecule has 0 radical (unpaired) electrons. The molecule has 17 heavy (non-hydrogen) atoms. The Morgan fingerprint density at radius 2 is 2.18 bits per heavy atom. The minimum atomic E-state index is -0.663. The largest absolute Gasteiger partial charge is 0.496 e. The first-order valence-electron chi connectivity index (χ1n) is 5.54. The molecule has 0 aromatic heterocycles. The van der Waals surface area contributed by atoms with Crippen LogP contribution in [0.1, 0.15) is 24.8 Å². The summed E-state index contributed by atoms with van der Waals surface area (Å²) in [5.41, 5.74) is 0.813. The quantitative estimate of drug-likeness (QED) is 0.432. The zero-order valence-corrected chi connectivity index (χ0v) is 10.1. The van der Waals surface area contributed by atoms with Gasteiger partial charge in [-0.3, -0.25) is 10.1 Å². The van der Waals surface area contributed by atoms with Crippen LogP contribution in [0.25, 0.3) is 0 Å². The fourth-order valence-corrected chi connectivity index (χ4v) is 1.97. The van der Waals surface area contributed by atoms with Gasteiger partial charge in [-0.05, 0) is 6.07 Å². The maximum absolute atomic E-state index is 11.0. The summed E-state index contributed by atoms with van der Waals surface area (Å²) in [6.07, 6.45) is 2.08. The van der Waals surface area contributed by atoms with Crippen molar-refractivity contribution < 1.29 is 9.66 Å². The van der Waals surface area contributed by atoms with Gasteiger partial charge in [-0.2, -0.15) is 0 Å². The molecule has 0 N–H and O–H groups in total. The average Bonchev–Trinajstić information content (AvgIpc) is 2.35. The highest BCUT2D eigenvalue weighted by Crippen LogP contribution is 2.31. The zero-order valence-electron chi connectivity index (χ0n) is 10.1. The van der Waals surface area contributed by atoms with Crippen molar-refractivity contribution in [3.05, 3.63) is 52.6 Å². The second-order valence-electron chi connectivity index (χ2n) is 3.76. The molecule has 0 aliphatic rings. The zero-order chi connectivity index (χ0) is 12.8. The third kappa shape index (κ3) is 2.84. The lowest BCUT2D eigenvalue weighted by Crippen LogP contribution is -2.26. The molecule has 2 unspecified atom stereocenters. The minimum Gasteiger partial charge on any atom is -0.496 e. The lowest BCUT2D eigenvalue weighted by molar-refractivity contribution is -0.525. The van der Waals surface area contributed by atoms with Crippen LogP contribution in [0.2, 0.25) is 0 Å². The third-order valence-electron chi connectivity index (χ3n) is 2.86. The number of benzene rings is 1. The van der Waals surface area contributed by atoms with Gasteiger partial charge in [0.15, 0.2) is 0 Å². The summed E-state index contributed by atoms with van der Waals surface area (Å²) in [5, 5.41) is 11.0. The number of para-hydroxylation sites is 1. The normalized spacial score (nSPS) is 13.8. The molecule has 0 saturated carbocycles. The topological polar surface area (TPSA) is 52.4 Å². The van der Waals surface area contributed by atoms with Gasteiger partial charge < -0.3 is 4.74 Å². The van der Waals surface area contributed by atoms with Gasteiger partial charge in [-0.25, -0.2) is 0 Å². The van der Waals surface area contributed by atoms with Gasteiger partial charge in [0.1, 0.15) is 5.75 Å². The Bertz CT molecular complexity index is 403. The molecule has 4 nitrogen and oxygen atoms in total. The summed E-state index contributed by atoms with van der Waals surface area (Å²) in [6, 6.07) is 6.68. The van der Waals surface area contributed by atoms with E-state index in [2.05, 4.69) is 6.58 Å². The van der Waals surface area contributed by atoms with Crippen LogP contribution < -0.4 is 4.74 Å². The minimum absolute atomic E-state index is 0.251. The fourth-order valence-electron chi connectivity index (χ4n) is 1.97. The Morgan fingerprint density at radius 1 is 1.53 bits per heavy atom. The standard InChI is InChI=1S/C13H17NO3/c1-4-10(12(5-2)14(15)16)11-8-6-7-9-13(11)17-3/h4,6-10,12H,1,5H2,2-3H3. The second-order valence-corrected chi connectivity index (χ2v) is 3.76. The van der Waals surface area contributed by atoms with Crippen LogP contribution in [0.15, 0.2) is 36.9 Å². The number of hydrogen-bond acceptors (Lipinski definition) is 3. The molecule has 0 fully saturated rings. The molecule has 0 aliphatic carbocycles. The molecule has 1 aromatic carbocycles. The van der Waals surface area contributed by atoms with Crippen molar-refractivity contribution in [3.63, 3.8) is 0 Å². The van der Waals surface area contributed by atoms with Gasteiger partial charge in [-0.1, -0.05) is 31.2 Å². The number of nitrogens with zero attached hydrogens (tertiary/aromatic N) is 1. The van der Waals surface area contributed by atoms with Crippen LogP contribution in [0.5, 0.6) is 5.75 Å². The van der Waals surface area contributed by atoms with Crippen LogP contribution in [0, 0.1) is 10.1 Å². The molecule has 1 aromatic rings. The number of ether oxygens (including phenoxy) is 1. The molecular weight excluding hydrogens is 218 g/mol. The Labute approximate surface area is 101 Å². The fraction of sp³-hybridized carbons (Fsp3) is 0.385. The van der Waals surface area contributed by atoms with Crippen LogP contribution >= 0.6 is 0 Å². The molecule has 0 aliphatic heterocycles. The van der Waals surface area contributed by atoms with Crippen LogP contribution in [0.3, 0.4) is 0 Å². The molecule has 2 atom stereocenters. The predicted octanol–water partition coefficient (Wildman–Crippen LogP) is 3.02. The first-order chi connectivity index (χ1) is 8.15. The van der Waals surface area contributed by atoms with Gasteiger partial charge in [0.05, 0.1) is 13.0 Å². The molecule has 0 amide bonds. The summed E-state index contributed by atoms with van der Waals surface area (Å²) < 4.78 is 5.23. The van der Waals surface area contributed by atoms with Crippen molar-refractivity contribution in [2.75, 3.05) is 7.11 Å². The van der Waals surface area contributed by atoms with Gasteiger partial charge in [0.2, 0.25) is 6.04 Å². The maximum Gasteiger partial charge on any atom is 0.223 e. The van der Waals surface area contributed by atoms with Crippen LogP contribution in [-0.2, 0) is 0 Å². The van der Waals surface area contributed by atoms with E-state index in [1.165, 1.54) is 0 Å². The summed E-state index contributed by atoms with van der Waals surface area (Å²) in [5.74, 6) is 0.337. The van der Waals surface area contributed by atoms with Crippen molar-refractivity contribution in [2.24, 2.45) is 0 Å². The molecule has 0 spiro atoms. The molecule has 92 valence electrons. The van der Waals surface area contributed by atoms with Gasteiger partial charge >= 0.3 is 0 Å². The molecule has 0 saturated heterocycles. The first kappa shape index (κ1) is 13.2. The number of rotatable bonds is 6. The van der Waals surface area contributed by atoms with E-state index in [-0.39, 0.29) is 10.8 Å². The maximum atomic E-state index is 11.0. The lowest BCUT2D eigenvalue weighted by atomic mass is 9.89. The van der Waals surface area contributed by atoms with Crippen molar-refractivity contribution in [3.8, 4) is 5.75 Å². The van der Waals surface area contributed by atoms with Crippen molar-refractivity contribution in [1.82, 2.24) is 0 Å². The molecule has 4 heteroatoms. The summed E-state index contributed by atoms with van der Waals surface area (Å²) >= 11 is 0. The van der Waals surface area contributed by atoms with Gasteiger partial charge in [-0.15, -0.1) is 6.58 Å². The van der Waals surface area contributed by atoms with E-state index >= 15 is 0 Å². The number of nitro groups is 1. The predicted molar refractivity (Wildman–Crippen MR) is 67.0 cm³/mol. The lowest BCUT2D eigenvalue weighted by Gasteiger charge is -2.19. The van der Waals surface area contributed by atoms with E-state index in [1.807, 2.05) is 18.2 Å². The SMILES string of the molecule is C=CC(c1ccccc1OC)C(CC)[N+](=O)[O-]. The van der Waals surface area contributed by atoms with Gasteiger partial charge in [0.25, 0.3) is 0 Å². The smallest absolute Gasteiger partial charge is 0.223 e. The van der Waals surface area contributed by atoms with Crippen LogP contribution in [-0.4, -0.2) is 18.1 Å². The van der Waals surface area contributed by atoms with E-state index in [9.17, 15) is 10.1 Å². The van der Waals surface area contributed by atoms with E-state index < -0.39 is 6.04 Å². The third-order valence-corrected chi connectivity index (χ3v) is 2.86.